The Bertz CT molecular complexity index is 943. The Morgan fingerprint density at radius 2 is 1.35 bits per heavy atom. The van der Waals surface area contributed by atoms with Gasteiger partial charge in [-0.15, -0.1) is 0 Å². The first-order valence-electron chi connectivity index (χ1n) is 8.48. The van der Waals surface area contributed by atoms with Crippen LogP contribution in [0.25, 0.3) is 0 Å². The largest absolute Gasteiger partial charge is 0.328 e. The number of benzene rings is 3. The molecule has 4 rings (SSSR count). The van der Waals surface area contributed by atoms with Gasteiger partial charge in [-0.1, -0.05) is 78.6 Å². The van der Waals surface area contributed by atoms with Gasteiger partial charge >= 0.3 is 0 Å². The molecular weight excluding hydrogens is 322 g/mol. The number of nitrogens with zero attached hydrogens (tertiary/aromatic N) is 1. The lowest BCUT2D eigenvalue weighted by Gasteiger charge is -2.23. The first kappa shape index (κ1) is 16.1. The molecule has 26 heavy (non-hydrogen) atoms. The number of carbonyl (C=O) groups is 1. The Kier molecular flexibility index (Phi) is 4.51. The molecule has 3 aromatic rings. The first-order valence-corrected chi connectivity index (χ1v) is 8.48. The van der Waals surface area contributed by atoms with E-state index in [0.717, 1.165) is 16.8 Å². The standard InChI is InChI=1S/C23H17NO2/c25-22-21(17-16-18-10-4-1-5-11-18)26-23(19-12-6-2-7-13-19)24(22)20-14-8-3-9-15-20/h1-15,21,23H/t21-,23+/m0/s1. The number of amides is 1. The Morgan fingerprint density at radius 3 is 2.00 bits per heavy atom. The van der Waals surface area contributed by atoms with E-state index < -0.39 is 12.3 Å². The molecule has 0 N–H and O–H groups in total. The predicted octanol–water partition coefficient (Wildman–Crippen LogP) is 4.17. The van der Waals surface area contributed by atoms with E-state index in [1.165, 1.54) is 0 Å². The molecule has 126 valence electrons. The molecule has 1 heterocycles. The van der Waals surface area contributed by atoms with Crippen LogP contribution in [0.15, 0.2) is 91.0 Å². The molecule has 0 aliphatic carbocycles. The van der Waals surface area contributed by atoms with Crippen molar-refractivity contribution in [1.29, 1.82) is 0 Å². The second kappa shape index (κ2) is 7.26. The number of rotatable bonds is 2. The van der Waals surface area contributed by atoms with E-state index in [2.05, 4.69) is 11.8 Å². The van der Waals surface area contributed by atoms with Crippen LogP contribution in [-0.4, -0.2) is 12.0 Å². The number of hydrogen-bond acceptors (Lipinski definition) is 2. The molecule has 0 spiro atoms. The maximum absolute atomic E-state index is 13.0. The van der Waals surface area contributed by atoms with Crippen LogP contribution in [0.5, 0.6) is 0 Å². The second-order valence-corrected chi connectivity index (χ2v) is 5.96. The zero-order valence-corrected chi connectivity index (χ0v) is 14.1. The van der Waals surface area contributed by atoms with Crippen LogP contribution in [0.4, 0.5) is 5.69 Å². The highest BCUT2D eigenvalue weighted by Crippen LogP contribution is 2.35. The van der Waals surface area contributed by atoms with Crippen LogP contribution >= 0.6 is 0 Å². The van der Waals surface area contributed by atoms with E-state index in [1.807, 2.05) is 91.0 Å². The fourth-order valence-corrected chi connectivity index (χ4v) is 2.95. The lowest BCUT2D eigenvalue weighted by Crippen LogP contribution is -2.30. The van der Waals surface area contributed by atoms with Crippen LogP contribution in [0, 0.1) is 11.8 Å². The quantitative estimate of drug-likeness (QED) is 0.656. The molecule has 1 aliphatic rings. The molecule has 0 bridgehead atoms. The van der Waals surface area contributed by atoms with E-state index in [0.29, 0.717) is 0 Å². The fourth-order valence-electron chi connectivity index (χ4n) is 2.95. The molecule has 2 atom stereocenters. The summed E-state index contributed by atoms with van der Waals surface area (Å²) in [4.78, 5) is 14.7. The molecule has 1 fully saturated rings. The third-order valence-electron chi connectivity index (χ3n) is 4.20. The first-order chi connectivity index (χ1) is 12.8. The predicted molar refractivity (Wildman–Crippen MR) is 101 cm³/mol. The molecule has 0 aromatic heterocycles. The number of hydrogen-bond donors (Lipinski definition) is 0. The minimum atomic E-state index is -0.791. The van der Waals surface area contributed by atoms with E-state index >= 15 is 0 Å². The summed E-state index contributed by atoms with van der Waals surface area (Å²) in [7, 11) is 0. The summed E-state index contributed by atoms with van der Waals surface area (Å²) in [6, 6.07) is 28.9. The topological polar surface area (TPSA) is 29.5 Å². The Balaban J connectivity index is 1.69. The number of para-hydroxylation sites is 1. The molecule has 0 saturated carbocycles. The summed E-state index contributed by atoms with van der Waals surface area (Å²) < 4.78 is 6.05. The van der Waals surface area contributed by atoms with Gasteiger partial charge < -0.3 is 4.74 Å². The zero-order valence-electron chi connectivity index (χ0n) is 14.1. The van der Waals surface area contributed by atoms with E-state index in [4.69, 9.17) is 4.74 Å². The molecule has 1 amide bonds. The van der Waals surface area contributed by atoms with Gasteiger partial charge in [-0.2, -0.15) is 0 Å². The Labute approximate surface area is 152 Å². The summed E-state index contributed by atoms with van der Waals surface area (Å²) in [6.45, 7) is 0. The molecule has 1 saturated heterocycles. The van der Waals surface area contributed by atoms with Crippen molar-refractivity contribution in [2.75, 3.05) is 4.90 Å². The minimum absolute atomic E-state index is 0.145. The molecule has 3 heteroatoms. The van der Waals surface area contributed by atoms with Crippen molar-refractivity contribution in [2.45, 2.75) is 12.3 Å². The van der Waals surface area contributed by atoms with Gasteiger partial charge in [0.15, 0.2) is 12.3 Å². The zero-order chi connectivity index (χ0) is 17.8. The van der Waals surface area contributed by atoms with E-state index in [-0.39, 0.29) is 5.91 Å². The van der Waals surface area contributed by atoms with Crippen molar-refractivity contribution < 1.29 is 9.53 Å². The lowest BCUT2D eigenvalue weighted by molar-refractivity contribution is -0.120. The molecule has 0 unspecified atom stereocenters. The van der Waals surface area contributed by atoms with E-state index in [1.54, 1.807) is 4.90 Å². The molecule has 3 aromatic carbocycles. The normalized spacial score (nSPS) is 19.1. The van der Waals surface area contributed by atoms with Crippen LogP contribution in [0.1, 0.15) is 17.4 Å². The van der Waals surface area contributed by atoms with Gasteiger partial charge in [-0.05, 0) is 24.3 Å². The highest BCUT2D eigenvalue weighted by molar-refractivity contribution is 6.00. The van der Waals surface area contributed by atoms with Gasteiger partial charge in [0.2, 0.25) is 0 Å². The highest BCUT2D eigenvalue weighted by Gasteiger charge is 2.41. The Hall–Kier alpha value is -3.35. The third-order valence-corrected chi connectivity index (χ3v) is 4.20. The summed E-state index contributed by atoms with van der Waals surface area (Å²) in [5.74, 6) is 5.88. The smallest absolute Gasteiger partial charge is 0.271 e. The monoisotopic (exact) mass is 339 g/mol. The van der Waals surface area contributed by atoms with Gasteiger partial charge in [0.25, 0.3) is 5.91 Å². The van der Waals surface area contributed by atoms with Crippen molar-refractivity contribution in [2.24, 2.45) is 0 Å². The average Bonchev–Trinajstić information content (AvgIpc) is 3.05. The van der Waals surface area contributed by atoms with Gasteiger partial charge in [0.05, 0.1) is 0 Å². The van der Waals surface area contributed by atoms with Crippen LogP contribution in [-0.2, 0) is 9.53 Å². The van der Waals surface area contributed by atoms with Crippen molar-refractivity contribution in [3.63, 3.8) is 0 Å². The third kappa shape index (κ3) is 3.23. The van der Waals surface area contributed by atoms with Crippen molar-refractivity contribution in [1.82, 2.24) is 0 Å². The summed E-state index contributed by atoms with van der Waals surface area (Å²) in [6.07, 6.45) is -1.28. The molecular formula is C23H17NO2. The second-order valence-electron chi connectivity index (χ2n) is 5.96. The summed E-state index contributed by atoms with van der Waals surface area (Å²) in [5.41, 5.74) is 2.59. The number of carbonyl (C=O) groups excluding carboxylic acids is 1. The van der Waals surface area contributed by atoms with Crippen molar-refractivity contribution >= 4 is 11.6 Å². The molecule has 0 radical (unpaired) electrons. The number of anilines is 1. The lowest BCUT2D eigenvalue weighted by atomic mass is 10.1. The Morgan fingerprint density at radius 1 is 0.769 bits per heavy atom. The van der Waals surface area contributed by atoms with Crippen molar-refractivity contribution in [3.05, 3.63) is 102 Å². The summed E-state index contributed by atoms with van der Waals surface area (Å²) >= 11 is 0. The van der Waals surface area contributed by atoms with Gasteiger partial charge in [0.1, 0.15) is 0 Å². The molecule has 3 nitrogen and oxygen atoms in total. The van der Waals surface area contributed by atoms with Gasteiger partial charge in [-0.25, -0.2) is 0 Å². The number of ether oxygens (including phenoxy) is 1. The summed E-state index contributed by atoms with van der Waals surface area (Å²) in [5, 5.41) is 0. The molecule has 1 aliphatic heterocycles. The van der Waals surface area contributed by atoms with Gasteiger partial charge in [0, 0.05) is 16.8 Å². The van der Waals surface area contributed by atoms with Crippen LogP contribution in [0.3, 0.4) is 0 Å². The fraction of sp³-hybridized carbons (Fsp3) is 0.0870. The van der Waals surface area contributed by atoms with Crippen LogP contribution in [0.2, 0.25) is 0 Å². The van der Waals surface area contributed by atoms with Crippen molar-refractivity contribution in [3.8, 4) is 11.8 Å². The maximum atomic E-state index is 13.0. The van der Waals surface area contributed by atoms with E-state index in [9.17, 15) is 4.79 Å². The highest BCUT2D eigenvalue weighted by atomic mass is 16.5. The van der Waals surface area contributed by atoms with Crippen LogP contribution < -0.4 is 4.90 Å². The SMILES string of the molecule is O=C1[C@H](C#Cc2ccccc2)O[C@H](c2ccccc2)N1c1ccccc1. The minimum Gasteiger partial charge on any atom is -0.328 e. The average molecular weight is 339 g/mol. The van der Waals surface area contributed by atoms with Gasteiger partial charge in [-0.3, -0.25) is 9.69 Å². The maximum Gasteiger partial charge on any atom is 0.271 e.